The molecule has 12 nitrogen and oxygen atoms in total. The van der Waals surface area contributed by atoms with Crippen LogP contribution in [-0.2, 0) is 42.9 Å². The van der Waals surface area contributed by atoms with Crippen molar-refractivity contribution < 1.29 is 58.2 Å². The van der Waals surface area contributed by atoms with Gasteiger partial charge in [0, 0.05) is 24.3 Å². The zero-order valence-corrected chi connectivity index (χ0v) is 13.7. The summed E-state index contributed by atoms with van der Waals surface area (Å²) in [5.74, 6) is -6.00. The van der Waals surface area contributed by atoms with Crippen LogP contribution in [0.4, 0.5) is 0 Å². The van der Waals surface area contributed by atoms with Crippen LogP contribution in [0.1, 0.15) is 0 Å². The van der Waals surface area contributed by atoms with Gasteiger partial charge in [0.1, 0.15) is 19.3 Å². The predicted molar refractivity (Wildman–Crippen MR) is 83.1 cm³/mol. The summed E-state index contributed by atoms with van der Waals surface area (Å²) < 4.78 is 19.2. The molecule has 148 valence electrons. The first-order valence-corrected chi connectivity index (χ1v) is 6.99. The monoisotopic (exact) mass is 388 g/mol. The highest BCUT2D eigenvalue weighted by molar-refractivity contribution is 5.91. The lowest BCUT2D eigenvalue weighted by atomic mass is 10.4. The topological polar surface area (TPSA) is 183 Å². The fraction of sp³-hybridized carbons (Fsp3) is 0.267. The Bertz CT molecular complexity index is 591. The second-order valence-electron chi connectivity index (χ2n) is 4.32. The van der Waals surface area contributed by atoms with E-state index < -0.39 is 56.0 Å². The number of aliphatic carboxylic acids is 3. The first kappa shape index (κ1) is 23.3. The van der Waals surface area contributed by atoms with Crippen LogP contribution in [0.15, 0.2) is 36.6 Å². The van der Waals surface area contributed by atoms with E-state index in [9.17, 15) is 24.0 Å². The van der Waals surface area contributed by atoms with Gasteiger partial charge in [0.2, 0.25) is 0 Å². The molecule has 0 aromatic heterocycles. The Hall–Kier alpha value is -3.67. The molecule has 3 N–H and O–H groups in total. The molecule has 0 heterocycles. The molecule has 0 aliphatic carbocycles. The van der Waals surface area contributed by atoms with Gasteiger partial charge in [-0.15, -0.1) is 0 Å². The maximum absolute atomic E-state index is 11.3. The average molecular weight is 388 g/mol. The fourth-order valence-electron chi connectivity index (χ4n) is 1.15. The summed E-state index contributed by atoms with van der Waals surface area (Å²) in [6.45, 7) is -1.42. The van der Waals surface area contributed by atoms with Crippen molar-refractivity contribution in [1.29, 1.82) is 0 Å². The molecule has 0 unspecified atom stereocenters. The van der Waals surface area contributed by atoms with Crippen molar-refractivity contribution in [2.24, 2.45) is 0 Å². The second-order valence-corrected chi connectivity index (χ2v) is 4.32. The first-order chi connectivity index (χ1) is 12.7. The number of esters is 2. The van der Waals surface area contributed by atoms with Crippen molar-refractivity contribution in [2.75, 3.05) is 20.0 Å². The van der Waals surface area contributed by atoms with E-state index in [0.29, 0.717) is 30.4 Å². The van der Waals surface area contributed by atoms with Crippen LogP contribution in [-0.4, -0.2) is 71.3 Å². The van der Waals surface area contributed by atoms with E-state index in [1.54, 1.807) is 0 Å². The van der Waals surface area contributed by atoms with Gasteiger partial charge in [0.05, 0.1) is 12.3 Å². The molecule has 0 fully saturated rings. The van der Waals surface area contributed by atoms with Gasteiger partial charge in [-0.1, -0.05) is 0 Å². The molecule has 0 radical (unpaired) electrons. The Labute approximate surface area is 151 Å². The third-order valence-electron chi connectivity index (χ3n) is 2.23. The van der Waals surface area contributed by atoms with E-state index in [2.05, 4.69) is 0 Å². The highest BCUT2D eigenvalue weighted by Crippen LogP contribution is 1.99. The molecule has 0 amide bonds. The van der Waals surface area contributed by atoms with Crippen molar-refractivity contribution in [1.82, 2.24) is 0 Å². The first-order valence-electron chi connectivity index (χ1n) is 6.99. The highest BCUT2D eigenvalue weighted by atomic mass is 16.7. The summed E-state index contributed by atoms with van der Waals surface area (Å²) in [5.41, 5.74) is 0. The van der Waals surface area contributed by atoms with Crippen molar-refractivity contribution in [3.8, 4) is 0 Å². The zero-order chi connectivity index (χ0) is 20.7. The fourth-order valence-corrected chi connectivity index (χ4v) is 1.15. The number of hydrogen-bond donors (Lipinski definition) is 3. The average Bonchev–Trinajstić information content (AvgIpc) is 2.59. The molecule has 27 heavy (non-hydrogen) atoms. The summed E-state index contributed by atoms with van der Waals surface area (Å²) in [5, 5.41) is 25.2. The third kappa shape index (κ3) is 15.6. The van der Waals surface area contributed by atoms with Crippen LogP contribution in [0, 0.1) is 0 Å². The predicted octanol–water partition coefficient (Wildman–Crippen LogP) is -0.688. The number of carbonyl (C=O) groups excluding carboxylic acids is 2. The number of carbonyl (C=O) groups is 5. The molecular weight excluding hydrogens is 372 g/mol. The van der Waals surface area contributed by atoms with Crippen LogP contribution in [0.2, 0.25) is 0 Å². The van der Waals surface area contributed by atoms with Crippen LogP contribution < -0.4 is 0 Å². The van der Waals surface area contributed by atoms with E-state index in [-0.39, 0.29) is 0 Å². The molecule has 12 heteroatoms. The zero-order valence-electron chi connectivity index (χ0n) is 13.7. The molecule has 0 bridgehead atoms. The third-order valence-corrected chi connectivity index (χ3v) is 2.23. The van der Waals surface area contributed by atoms with E-state index in [0.717, 1.165) is 6.26 Å². The molecule has 0 rings (SSSR count). The van der Waals surface area contributed by atoms with Crippen LogP contribution in [0.5, 0.6) is 0 Å². The number of ether oxygens (including phenoxy) is 4. The molecular formula is C15H16O12. The van der Waals surface area contributed by atoms with Crippen LogP contribution >= 0.6 is 0 Å². The summed E-state index contributed by atoms with van der Waals surface area (Å²) in [4.78, 5) is 53.4. The standard InChI is InChI=1S/C15H16O12/c16-11(17)1-3-14(22)25-7-10(27-9-24-6-5-13(20)21)8-26-15(23)4-2-12(18)19/h1-6,10H,7-9H2,(H,16,17)(H,18,19)(H,20,21). The minimum atomic E-state index is -1.36. The molecule has 0 atom stereocenters. The van der Waals surface area contributed by atoms with Gasteiger partial charge in [-0.05, 0) is 0 Å². The highest BCUT2D eigenvalue weighted by Gasteiger charge is 2.14. The van der Waals surface area contributed by atoms with Gasteiger partial charge in [-0.3, -0.25) is 0 Å². The minimum Gasteiger partial charge on any atom is -0.478 e. The SMILES string of the molecule is O=C(O)C=COCOC(COC(=O)C=CC(=O)O)COC(=O)C=CC(=O)O. The summed E-state index contributed by atoms with van der Waals surface area (Å²) >= 11 is 0. The van der Waals surface area contributed by atoms with E-state index in [4.69, 9.17) is 34.3 Å². The van der Waals surface area contributed by atoms with Gasteiger partial charge in [0.15, 0.2) is 6.79 Å². The van der Waals surface area contributed by atoms with Gasteiger partial charge >= 0.3 is 29.8 Å². The number of carboxylic acids is 3. The van der Waals surface area contributed by atoms with Crippen LogP contribution in [0.25, 0.3) is 0 Å². The number of carboxylic acid groups (broad SMARTS) is 3. The summed E-state index contributed by atoms with van der Waals surface area (Å²) in [6.07, 6.45) is 2.84. The van der Waals surface area contributed by atoms with Crippen LogP contribution in [0.3, 0.4) is 0 Å². The van der Waals surface area contributed by atoms with E-state index >= 15 is 0 Å². The Morgan fingerprint density at radius 3 is 1.56 bits per heavy atom. The quantitative estimate of drug-likeness (QED) is 0.119. The Kier molecular flexibility index (Phi) is 11.8. The molecule has 0 saturated carbocycles. The molecule has 0 aromatic rings. The maximum Gasteiger partial charge on any atom is 0.331 e. The minimum absolute atomic E-state index is 0.468. The molecule has 0 saturated heterocycles. The van der Waals surface area contributed by atoms with Gasteiger partial charge in [0.25, 0.3) is 0 Å². The molecule has 0 aromatic carbocycles. The van der Waals surface area contributed by atoms with Crippen molar-refractivity contribution in [3.05, 3.63) is 36.6 Å². The Morgan fingerprint density at radius 1 is 0.704 bits per heavy atom. The lowest BCUT2D eigenvalue weighted by molar-refractivity contribution is -0.156. The molecule has 0 aliphatic heterocycles. The number of hydrogen-bond acceptors (Lipinski definition) is 9. The van der Waals surface area contributed by atoms with Crippen molar-refractivity contribution in [3.63, 3.8) is 0 Å². The Morgan fingerprint density at radius 2 is 1.15 bits per heavy atom. The van der Waals surface area contributed by atoms with Gasteiger partial charge < -0.3 is 34.3 Å². The smallest absolute Gasteiger partial charge is 0.331 e. The summed E-state index contributed by atoms with van der Waals surface area (Å²) in [6, 6.07) is 0. The molecule has 0 aliphatic rings. The molecule has 0 spiro atoms. The van der Waals surface area contributed by atoms with Gasteiger partial charge in [-0.2, -0.15) is 0 Å². The van der Waals surface area contributed by atoms with Crippen molar-refractivity contribution >= 4 is 29.8 Å². The van der Waals surface area contributed by atoms with E-state index in [1.165, 1.54) is 0 Å². The van der Waals surface area contributed by atoms with Gasteiger partial charge in [-0.25, -0.2) is 24.0 Å². The number of rotatable bonds is 13. The van der Waals surface area contributed by atoms with Crippen molar-refractivity contribution in [2.45, 2.75) is 6.10 Å². The summed E-state index contributed by atoms with van der Waals surface area (Å²) in [7, 11) is 0. The Balaban J connectivity index is 4.57. The normalized spacial score (nSPS) is 12.1. The maximum atomic E-state index is 11.3. The van der Waals surface area contributed by atoms with E-state index in [1.807, 2.05) is 0 Å². The second kappa shape index (κ2) is 13.6. The largest absolute Gasteiger partial charge is 0.478 e. The lowest BCUT2D eigenvalue weighted by Crippen LogP contribution is -2.28. The lowest BCUT2D eigenvalue weighted by Gasteiger charge is -2.16.